The maximum Gasteiger partial charge on any atom is 0.221 e. The predicted octanol–water partition coefficient (Wildman–Crippen LogP) is 2.53. The van der Waals surface area contributed by atoms with E-state index in [1.165, 1.54) is 25.7 Å². The Morgan fingerprint density at radius 3 is 2.73 bits per heavy atom. The van der Waals surface area contributed by atoms with E-state index in [-0.39, 0.29) is 5.91 Å². The van der Waals surface area contributed by atoms with Crippen LogP contribution in [-0.2, 0) is 4.79 Å². The van der Waals surface area contributed by atoms with Gasteiger partial charge in [0, 0.05) is 51.4 Å². The molecule has 26 heavy (non-hydrogen) atoms. The Morgan fingerprint density at radius 2 is 2.08 bits per heavy atom. The summed E-state index contributed by atoms with van der Waals surface area (Å²) in [5, 5.41) is 3.29. The number of amides is 1. The Bertz CT molecular complexity index is 599. The van der Waals surface area contributed by atoms with Crippen molar-refractivity contribution in [3.8, 4) is 0 Å². The van der Waals surface area contributed by atoms with Crippen LogP contribution in [0.4, 0.5) is 5.82 Å². The molecule has 0 aromatic carbocycles. The van der Waals surface area contributed by atoms with E-state index in [1.54, 1.807) is 0 Å². The molecule has 0 spiro atoms. The highest BCUT2D eigenvalue weighted by molar-refractivity contribution is 5.76. The lowest BCUT2D eigenvalue weighted by atomic mass is 9.84. The third-order valence-corrected chi connectivity index (χ3v) is 6.82. The molecule has 1 amide bonds. The summed E-state index contributed by atoms with van der Waals surface area (Å²) in [4.78, 5) is 21.5. The van der Waals surface area contributed by atoms with Crippen LogP contribution >= 0.6 is 0 Å². The van der Waals surface area contributed by atoms with Crippen molar-refractivity contribution < 1.29 is 4.79 Å². The normalized spacial score (nSPS) is 29.7. The molecule has 1 N–H and O–H groups in total. The summed E-state index contributed by atoms with van der Waals surface area (Å²) in [6.45, 7) is 7.07. The van der Waals surface area contributed by atoms with Gasteiger partial charge in [-0.05, 0) is 56.1 Å². The number of nitrogens with one attached hydrogen (secondary N) is 1. The maximum atomic E-state index is 12.4. The van der Waals surface area contributed by atoms with Crippen LogP contribution in [0.1, 0.15) is 39.0 Å². The molecule has 1 aromatic rings. The minimum Gasteiger partial charge on any atom is -0.354 e. The van der Waals surface area contributed by atoms with Crippen LogP contribution in [0.5, 0.6) is 0 Å². The minimum atomic E-state index is 0.229. The summed E-state index contributed by atoms with van der Waals surface area (Å²) >= 11 is 0. The first-order chi connectivity index (χ1) is 12.7. The molecule has 0 radical (unpaired) electrons. The fourth-order valence-corrected chi connectivity index (χ4v) is 5.34. The summed E-state index contributed by atoms with van der Waals surface area (Å²) in [5.74, 6) is 3.83. The van der Waals surface area contributed by atoms with Crippen LogP contribution in [0.25, 0.3) is 0 Å². The summed E-state index contributed by atoms with van der Waals surface area (Å²) < 4.78 is 0. The van der Waals surface area contributed by atoms with Gasteiger partial charge in [-0.1, -0.05) is 12.5 Å². The van der Waals surface area contributed by atoms with Gasteiger partial charge < -0.3 is 10.2 Å². The molecule has 2 bridgehead atoms. The zero-order valence-electron chi connectivity index (χ0n) is 15.9. The molecule has 3 fully saturated rings. The first-order valence-corrected chi connectivity index (χ1v) is 10.4. The molecule has 4 rings (SSSR count). The van der Waals surface area contributed by atoms with Crippen LogP contribution in [0.15, 0.2) is 24.4 Å². The fraction of sp³-hybridized carbons (Fsp3) is 0.714. The number of carbonyl (C=O) groups is 1. The molecule has 142 valence electrons. The van der Waals surface area contributed by atoms with E-state index >= 15 is 0 Å². The van der Waals surface area contributed by atoms with Crippen LogP contribution in [0.2, 0.25) is 0 Å². The van der Waals surface area contributed by atoms with Crippen LogP contribution < -0.4 is 10.2 Å². The quantitative estimate of drug-likeness (QED) is 0.851. The number of hydrogen-bond acceptors (Lipinski definition) is 4. The highest BCUT2D eigenvalue weighted by atomic mass is 16.1. The van der Waals surface area contributed by atoms with Crippen LogP contribution in [-0.4, -0.2) is 54.6 Å². The zero-order chi connectivity index (χ0) is 17.9. The van der Waals surface area contributed by atoms with E-state index in [0.29, 0.717) is 12.5 Å². The molecular weight excluding hydrogens is 324 g/mol. The Labute approximate surface area is 157 Å². The van der Waals surface area contributed by atoms with E-state index in [1.807, 2.05) is 18.3 Å². The number of carbonyl (C=O) groups excluding carboxylic acids is 1. The fourth-order valence-electron chi connectivity index (χ4n) is 5.34. The minimum absolute atomic E-state index is 0.229. The van der Waals surface area contributed by atoms with Gasteiger partial charge in [0.25, 0.3) is 0 Å². The van der Waals surface area contributed by atoms with Gasteiger partial charge in [-0.2, -0.15) is 0 Å². The second-order valence-electron chi connectivity index (χ2n) is 8.46. The van der Waals surface area contributed by atoms with E-state index in [9.17, 15) is 4.79 Å². The lowest BCUT2D eigenvalue weighted by molar-refractivity contribution is -0.122. The van der Waals surface area contributed by atoms with Gasteiger partial charge in [-0.15, -0.1) is 0 Å². The average Bonchev–Trinajstić information content (AvgIpc) is 3.31. The van der Waals surface area contributed by atoms with E-state index in [0.717, 1.165) is 56.3 Å². The molecule has 3 aliphatic rings. The molecule has 0 unspecified atom stereocenters. The first-order valence-electron chi connectivity index (χ1n) is 10.4. The molecule has 5 heteroatoms. The summed E-state index contributed by atoms with van der Waals surface area (Å²) in [6.07, 6.45) is 8.02. The smallest absolute Gasteiger partial charge is 0.221 e. The Kier molecular flexibility index (Phi) is 5.44. The third-order valence-electron chi connectivity index (χ3n) is 6.82. The number of rotatable bonds is 6. The molecule has 1 saturated heterocycles. The molecule has 2 heterocycles. The molecule has 1 aromatic heterocycles. The number of fused-ring (bicyclic) bond motifs is 2. The van der Waals surface area contributed by atoms with Gasteiger partial charge in [0.15, 0.2) is 0 Å². The zero-order valence-corrected chi connectivity index (χ0v) is 15.9. The first kappa shape index (κ1) is 17.8. The van der Waals surface area contributed by atoms with Crippen molar-refractivity contribution >= 4 is 11.7 Å². The predicted molar refractivity (Wildman–Crippen MR) is 104 cm³/mol. The lowest BCUT2D eigenvalue weighted by Crippen LogP contribution is -2.48. The molecule has 1 aliphatic heterocycles. The largest absolute Gasteiger partial charge is 0.354 e. The van der Waals surface area contributed by atoms with Crippen molar-refractivity contribution in [3.05, 3.63) is 24.4 Å². The Balaban J connectivity index is 1.16. The second-order valence-corrected chi connectivity index (χ2v) is 8.46. The second kappa shape index (κ2) is 7.95. The standard InChI is InChI=1S/C21H32N4O/c1-16(19-15-17-5-6-18(19)14-17)23-21(26)7-9-24-10-12-25(13-11-24)20-4-2-3-8-22-20/h2-4,8,16-19H,5-7,9-15H2,1H3,(H,23,26)/t16-,17-,18-,19+/m0/s1. The Morgan fingerprint density at radius 1 is 1.23 bits per heavy atom. The van der Waals surface area contributed by atoms with Gasteiger partial charge in [-0.3, -0.25) is 9.69 Å². The van der Waals surface area contributed by atoms with Gasteiger partial charge in [0.05, 0.1) is 0 Å². The topological polar surface area (TPSA) is 48.5 Å². The van der Waals surface area contributed by atoms with Crippen molar-refractivity contribution in [1.29, 1.82) is 0 Å². The van der Waals surface area contributed by atoms with Gasteiger partial charge in [0.2, 0.25) is 5.91 Å². The summed E-state index contributed by atoms with van der Waals surface area (Å²) in [5.41, 5.74) is 0. The van der Waals surface area contributed by atoms with Gasteiger partial charge >= 0.3 is 0 Å². The van der Waals surface area contributed by atoms with Crippen LogP contribution in [0.3, 0.4) is 0 Å². The highest BCUT2D eigenvalue weighted by Crippen LogP contribution is 2.49. The molecular formula is C21H32N4O. The lowest BCUT2D eigenvalue weighted by Gasteiger charge is -2.35. The van der Waals surface area contributed by atoms with Crippen LogP contribution in [0, 0.1) is 17.8 Å². The number of anilines is 1. The van der Waals surface area contributed by atoms with E-state index in [4.69, 9.17) is 0 Å². The molecule has 2 saturated carbocycles. The van der Waals surface area contributed by atoms with Crippen molar-refractivity contribution in [2.24, 2.45) is 17.8 Å². The monoisotopic (exact) mass is 356 g/mol. The number of pyridine rings is 1. The van der Waals surface area contributed by atoms with E-state index < -0.39 is 0 Å². The van der Waals surface area contributed by atoms with Crippen molar-refractivity contribution in [2.75, 3.05) is 37.6 Å². The molecule has 2 aliphatic carbocycles. The summed E-state index contributed by atoms with van der Waals surface area (Å²) in [7, 11) is 0. The van der Waals surface area contributed by atoms with Gasteiger partial charge in [0.1, 0.15) is 5.82 Å². The van der Waals surface area contributed by atoms with Gasteiger partial charge in [-0.25, -0.2) is 4.98 Å². The van der Waals surface area contributed by atoms with Crippen molar-refractivity contribution in [3.63, 3.8) is 0 Å². The maximum absolute atomic E-state index is 12.4. The molecule has 4 atom stereocenters. The van der Waals surface area contributed by atoms with Crippen molar-refractivity contribution in [2.45, 2.75) is 45.1 Å². The number of piperazine rings is 1. The number of nitrogens with zero attached hydrogens (tertiary/aromatic N) is 3. The van der Waals surface area contributed by atoms with Crippen molar-refractivity contribution in [1.82, 2.24) is 15.2 Å². The third kappa shape index (κ3) is 4.03. The average molecular weight is 357 g/mol. The molecule has 5 nitrogen and oxygen atoms in total. The number of hydrogen-bond donors (Lipinski definition) is 1. The Hall–Kier alpha value is -1.62. The highest BCUT2D eigenvalue weighted by Gasteiger charge is 2.42. The SMILES string of the molecule is C[C@H](NC(=O)CCN1CCN(c2ccccn2)CC1)[C@H]1C[C@H]2CC[C@H]1C2. The summed E-state index contributed by atoms with van der Waals surface area (Å²) in [6, 6.07) is 6.41. The number of aromatic nitrogens is 1. The van der Waals surface area contributed by atoms with E-state index in [2.05, 4.69) is 33.1 Å².